The van der Waals surface area contributed by atoms with E-state index in [0.29, 0.717) is 6.54 Å². The van der Waals surface area contributed by atoms with Gasteiger partial charge in [-0.1, -0.05) is 18.2 Å². The molecule has 0 spiro atoms. The van der Waals surface area contributed by atoms with E-state index in [4.69, 9.17) is 9.47 Å². The van der Waals surface area contributed by atoms with E-state index < -0.39 is 0 Å². The molecule has 0 atom stereocenters. The average molecular weight is 369 g/mol. The lowest BCUT2D eigenvalue weighted by molar-refractivity contribution is 0.234. The number of carbonyl (C=O) groups is 1. The molecular weight excluding hydrogens is 342 g/mol. The Hall–Kier alpha value is -2.89. The smallest absolute Gasteiger partial charge is 0.315 e. The predicted molar refractivity (Wildman–Crippen MR) is 107 cm³/mol. The van der Waals surface area contributed by atoms with Gasteiger partial charge in [0, 0.05) is 36.9 Å². The van der Waals surface area contributed by atoms with Crippen molar-refractivity contribution in [3.8, 4) is 11.5 Å². The van der Waals surface area contributed by atoms with Crippen molar-refractivity contribution in [1.82, 2.24) is 10.6 Å². The summed E-state index contributed by atoms with van der Waals surface area (Å²) in [7, 11) is 3.31. The Morgan fingerprint density at radius 3 is 2.41 bits per heavy atom. The number of nitrogens with zero attached hydrogens (tertiary/aromatic N) is 1. The maximum atomic E-state index is 12.2. The van der Waals surface area contributed by atoms with E-state index in [2.05, 4.69) is 27.7 Å². The molecule has 1 saturated heterocycles. The molecule has 6 heteroatoms. The highest BCUT2D eigenvalue weighted by Crippen LogP contribution is 2.23. The lowest BCUT2D eigenvalue weighted by atomic mass is 10.0. The number of anilines is 1. The summed E-state index contributed by atoms with van der Waals surface area (Å²) in [5, 5.41) is 6.00. The van der Waals surface area contributed by atoms with Gasteiger partial charge in [-0.25, -0.2) is 4.79 Å². The molecule has 0 aliphatic carbocycles. The Kier molecular flexibility index (Phi) is 6.41. The molecule has 27 heavy (non-hydrogen) atoms. The lowest BCUT2D eigenvalue weighted by Crippen LogP contribution is -2.47. The van der Waals surface area contributed by atoms with E-state index in [1.165, 1.54) is 5.69 Å². The fourth-order valence-electron chi connectivity index (χ4n) is 3.34. The normalized spacial score (nSPS) is 14.5. The second-order valence-corrected chi connectivity index (χ2v) is 6.60. The van der Waals surface area contributed by atoms with Crippen LogP contribution in [0.25, 0.3) is 0 Å². The van der Waals surface area contributed by atoms with Gasteiger partial charge in [0.25, 0.3) is 0 Å². The molecular formula is C21H27N3O3. The van der Waals surface area contributed by atoms with Gasteiger partial charge in [-0.2, -0.15) is 0 Å². The Morgan fingerprint density at radius 2 is 1.74 bits per heavy atom. The van der Waals surface area contributed by atoms with E-state index in [1.807, 2.05) is 36.4 Å². The Morgan fingerprint density at radius 1 is 1.04 bits per heavy atom. The van der Waals surface area contributed by atoms with Gasteiger partial charge >= 0.3 is 6.03 Å². The van der Waals surface area contributed by atoms with Gasteiger partial charge in [0.05, 0.1) is 14.2 Å². The minimum atomic E-state index is -0.135. The van der Waals surface area contributed by atoms with Gasteiger partial charge in [0.2, 0.25) is 0 Å². The van der Waals surface area contributed by atoms with Crippen LogP contribution in [0.2, 0.25) is 0 Å². The number of benzene rings is 2. The van der Waals surface area contributed by atoms with Gasteiger partial charge in [0.1, 0.15) is 11.5 Å². The van der Waals surface area contributed by atoms with Crippen LogP contribution in [-0.4, -0.2) is 39.4 Å². The summed E-state index contributed by atoms with van der Waals surface area (Å²) < 4.78 is 10.5. The summed E-state index contributed by atoms with van der Waals surface area (Å²) in [6.45, 7) is 2.29. The third-order valence-corrected chi connectivity index (χ3v) is 4.90. The highest BCUT2D eigenvalue weighted by atomic mass is 16.5. The number of ether oxygens (including phenoxy) is 2. The Labute approximate surface area is 160 Å². The molecule has 3 rings (SSSR count). The van der Waals surface area contributed by atoms with Gasteiger partial charge in [-0.05, 0) is 43.2 Å². The number of amides is 2. The van der Waals surface area contributed by atoms with Gasteiger partial charge in [0.15, 0.2) is 0 Å². The second kappa shape index (κ2) is 9.16. The number of rotatable bonds is 6. The highest BCUT2D eigenvalue weighted by molar-refractivity contribution is 5.74. The number of hydrogen-bond acceptors (Lipinski definition) is 4. The average Bonchev–Trinajstić information content (AvgIpc) is 2.73. The van der Waals surface area contributed by atoms with Gasteiger partial charge in [-0.15, -0.1) is 0 Å². The minimum absolute atomic E-state index is 0.135. The monoisotopic (exact) mass is 369 g/mol. The quantitative estimate of drug-likeness (QED) is 0.821. The summed E-state index contributed by atoms with van der Waals surface area (Å²) in [6, 6.07) is 15.9. The first-order valence-corrected chi connectivity index (χ1v) is 9.25. The molecule has 2 N–H and O–H groups in total. The number of carbonyl (C=O) groups excluding carboxylic acids is 1. The topological polar surface area (TPSA) is 62.8 Å². The maximum absolute atomic E-state index is 12.2. The zero-order valence-corrected chi connectivity index (χ0v) is 15.9. The molecule has 6 nitrogen and oxygen atoms in total. The van der Waals surface area contributed by atoms with Crippen molar-refractivity contribution in [3.63, 3.8) is 0 Å². The Balaban J connectivity index is 1.43. The van der Waals surface area contributed by atoms with Crippen LogP contribution in [0.15, 0.2) is 48.5 Å². The number of methoxy groups -OCH3 is 2. The summed E-state index contributed by atoms with van der Waals surface area (Å²) in [6.07, 6.45) is 1.85. The van der Waals surface area contributed by atoms with Crippen molar-refractivity contribution in [1.29, 1.82) is 0 Å². The number of nitrogens with one attached hydrogen (secondary N) is 2. The summed E-state index contributed by atoms with van der Waals surface area (Å²) in [4.78, 5) is 14.6. The fourth-order valence-corrected chi connectivity index (χ4v) is 3.34. The largest absolute Gasteiger partial charge is 0.497 e. The van der Waals surface area contributed by atoms with Crippen molar-refractivity contribution in [2.75, 3.05) is 32.2 Å². The van der Waals surface area contributed by atoms with Crippen LogP contribution in [0, 0.1) is 0 Å². The zero-order chi connectivity index (χ0) is 19.1. The molecule has 144 valence electrons. The molecule has 0 radical (unpaired) electrons. The maximum Gasteiger partial charge on any atom is 0.315 e. The van der Waals surface area contributed by atoms with Crippen molar-refractivity contribution < 1.29 is 14.3 Å². The number of para-hydroxylation sites is 1. The SMILES string of the molecule is COc1ccc(N2CCC(NC(=O)NCc3ccccc3OC)CC2)cc1. The van der Waals surface area contributed by atoms with Crippen LogP contribution in [-0.2, 0) is 6.54 Å². The predicted octanol–water partition coefficient (Wildman–Crippen LogP) is 3.17. The van der Waals surface area contributed by atoms with E-state index >= 15 is 0 Å². The molecule has 1 heterocycles. The molecule has 1 fully saturated rings. The standard InChI is InChI=1S/C21H27N3O3/c1-26-19-9-7-18(8-10-19)24-13-11-17(12-14-24)23-21(25)22-15-16-5-3-4-6-20(16)27-2/h3-10,17H,11-15H2,1-2H3,(H2,22,23,25). The van der Waals surface area contributed by atoms with E-state index in [0.717, 1.165) is 43.0 Å². The van der Waals surface area contributed by atoms with Crippen molar-refractivity contribution >= 4 is 11.7 Å². The first kappa shape index (κ1) is 18.9. The van der Waals surface area contributed by atoms with Crippen LogP contribution >= 0.6 is 0 Å². The molecule has 1 aliphatic heterocycles. The third-order valence-electron chi connectivity index (χ3n) is 4.90. The fraction of sp³-hybridized carbons (Fsp3) is 0.381. The van der Waals surface area contributed by atoms with E-state index in [1.54, 1.807) is 14.2 Å². The van der Waals surface area contributed by atoms with Gasteiger partial charge in [-0.3, -0.25) is 0 Å². The van der Waals surface area contributed by atoms with Crippen LogP contribution < -0.4 is 25.0 Å². The lowest BCUT2D eigenvalue weighted by Gasteiger charge is -2.34. The Bertz CT molecular complexity index is 741. The molecule has 0 unspecified atom stereocenters. The van der Waals surface area contributed by atoms with Crippen molar-refractivity contribution in [3.05, 3.63) is 54.1 Å². The number of piperidine rings is 1. The molecule has 2 aromatic rings. The summed E-state index contributed by atoms with van der Waals surface area (Å²) >= 11 is 0. The van der Waals surface area contributed by atoms with E-state index in [9.17, 15) is 4.79 Å². The molecule has 2 amide bonds. The van der Waals surface area contributed by atoms with Crippen LogP contribution in [0.4, 0.5) is 10.5 Å². The van der Waals surface area contributed by atoms with Crippen molar-refractivity contribution in [2.24, 2.45) is 0 Å². The van der Waals surface area contributed by atoms with Crippen LogP contribution in [0.1, 0.15) is 18.4 Å². The molecule has 0 aromatic heterocycles. The third kappa shape index (κ3) is 5.06. The molecule has 0 saturated carbocycles. The number of urea groups is 1. The van der Waals surface area contributed by atoms with E-state index in [-0.39, 0.29) is 12.1 Å². The summed E-state index contributed by atoms with van der Waals surface area (Å²) in [5.74, 6) is 1.65. The minimum Gasteiger partial charge on any atom is -0.497 e. The first-order valence-electron chi connectivity index (χ1n) is 9.25. The number of hydrogen-bond donors (Lipinski definition) is 2. The molecule has 1 aliphatic rings. The van der Waals surface area contributed by atoms with Crippen LogP contribution in [0.3, 0.4) is 0 Å². The second-order valence-electron chi connectivity index (χ2n) is 6.60. The zero-order valence-electron chi connectivity index (χ0n) is 15.9. The molecule has 2 aromatic carbocycles. The van der Waals surface area contributed by atoms with Crippen LogP contribution in [0.5, 0.6) is 11.5 Å². The molecule has 0 bridgehead atoms. The summed E-state index contributed by atoms with van der Waals surface area (Å²) in [5.41, 5.74) is 2.15. The first-order chi connectivity index (χ1) is 13.2. The highest BCUT2D eigenvalue weighted by Gasteiger charge is 2.21. The van der Waals surface area contributed by atoms with Gasteiger partial charge < -0.3 is 25.0 Å². The van der Waals surface area contributed by atoms with Crippen molar-refractivity contribution in [2.45, 2.75) is 25.4 Å².